The number of hydrogen-bond acceptors (Lipinski definition) is 3. The van der Waals surface area contributed by atoms with Crippen LogP contribution in [0, 0.1) is 5.82 Å². The summed E-state index contributed by atoms with van der Waals surface area (Å²) in [5, 5.41) is 0.135. The van der Waals surface area contributed by atoms with Crippen LogP contribution in [0.1, 0.15) is 23.2 Å². The van der Waals surface area contributed by atoms with Crippen molar-refractivity contribution in [3.05, 3.63) is 34.6 Å². The second-order valence-corrected chi connectivity index (χ2v) is 7.02. The van der Waals surface area contributed by atoms with Crippen molar-refractivity contribution < 1.29 is 9.18 Å². The Hall–Kier alpha value is -0.850. The zero-order valence-electron chi connectivity index (χ0n) is 11.6. The summed E-state index contributed by atoms with van der Waals surface area (Å²) in [5.74, 6) is -0.636. The number of carbonyl (C=O) groups is 1. The van der Waals surface area contributed by atoms with Crippen molar-refractivity contribution in [3.63, 3.8) is 0 Å². The predicted molar refractivity (Wildman–Crippen MR) is 89.6 cm³/mol. The van der Waals surface area contributed by atoms with E-state index in [1.54, 1.807) is 16.7 Å². The average molecular weight is 347 g/mol. The second kappa shape index (κ2) is 6.50. The van der Waals surface area contributed by atoms with Gasteiger partial charge < -0.3 is 10.6 Å². The summed E-state index contributed by atoms with van der Waals surface area (Å²) in [6.07, 6.45) is 3.41. The molecule has 1 heterocycles. The van der Waals surface area contributed by atoms with Gasteiger partial charge in [0.1, 0.15) is 5.82 Å². The molecule has 0 aliphatic carbocycles. The van der Waals surface area contributed by atoms with E-state index in [0.717, 1.165) is 6.07 Å². The second-order valence-electron chi connectivity index (χ2n) is 4.98. The molecule has 1 saturated heterocycles. The Morgan fingerprint density at radius 2 is 2.10 bits per heavy atom. The van der Waals surface area contributed by atoms with E-state index in [-0.39, 0.29) is 15.7 Å². The molecule has 1 amide bonds. The van der Waals surface area contributed by atoms with Gasteiger partial charge in [0.15, 0.2) is 0 Å². The number of piperidine rings is 1. The summed E-state index contributed by atoms with van der Waals surface area (Å²) >= 11 is 12.7. The van der Waals surface area contributed by atoms with Crippen LogP contribution < -0.4 is 5.73 Å². The molecule has 0 bridgehead atoms. The normalized spacial score (nSPS) is 17.6. The highest BCUT2D eigenvalue weighted by atomic mass is 35.5. The summed E-state index contributed by atoms with van der Waals surface area (Å²) < 4.78 is 12.8. The first-order chi connectivity index (χ1) is 9.89. The number of thioether (sulfide) groups is 1. The van der Waals surface area contributed by atoms with Crippen LogP contribution in [0.2, 0.25) is 5.02 Å². The molecule has 1 aliphatic heterocycles. The van der Waals surface area contributed by atoms with Crippen molar-refractivity contribution in [2.45, 2.75) is 17.6 Å². The van der Waals surface area contributed by atoms with Gasteiger partial charge in [0.25, 0.3) is 5.91 Å². The van der Waals surface area contributed by atoms with Gasteiger partial charge in [-0.05, 0) is 37.3 Å². The van der Waals surface area contributed by atoms with Crippen LogP contribution in [0.15, 0.2) is 18.2 Å². The fourth-order valence-electron chi connectivity index (χ4n) is 2.46. The molecular formula is C14H16ClFN2OS2. The lowest BCUT2D eigenvalue weighted by Crippen LogP contribution is -2.50. The van der Waals surface area contributed by atoms with Gasteiger partial charge in [-0.2, -0.15) is 11.8 Å². The van der Waals surface area contributed by atoms with Gasteiger partial charge in [0.05, 0.1) is 20.3 Å². The van der Waals surface area contributed by atoms with Gasteiger partial charge in [0, 0.05) is 13.1 Å². The van der Waals surface area contributed by atoms with Crippen LogP contribution in [0.25, 0.3) is 0 Å². The number of benzene rings is 1. The smallest absolute Gasteiger partial charge is 0.255 e. The Kier molecular flexibility index (Phi) is 5.11. The van der Waals surface area contributed by atoms with E-state index in [4.69, 9.17) is 29.6 Å². The maximum absolute atomic E-state index is 13.0. The number of nitrogens with two attached hydrogens (primary N) is 1. The number of amides is 1. The largest absolute Gasteiger partial charge is 0.392 e. The minimum absolute atomic E-state index is 0.135. The van der Waals surface area contributed by atoms with Crippen LogP contribution in [0.5, 0.6) is 0 Å². The van der Waals surface area contributed by atoms with Gasteiger partial charge >= 0.3 is 0 Å². The molecule has 7 heteroatoms. The fourth-order valence-corrected chi connectivity index (χ4v) is 3.95. The van der Waals surface area contributed by atoms with Crippen LogP contribution in [-0.4, -0.2) is 39.9 Å². The molecule has 21 heavy (non-hydrogen) atoms. The number of nitrogens with zero attached hydrogens (tertiary/aromatic N) is 1. The Morgan fingerprint density at radius 1 is 1.48 bits per heavy atom. The SMILES string of the molecule is CSC1(C(N)=S)CCN(C(=O)c2ccc(F)cc2Cl)CC1. The number of thiocarbonyl (C=S) groups is 1. The molecule has 0 aromatic heterocycles. The Balaban J connectivity index is 2.12. The van der Waals surface area contributed by atoms with Gasteiger partial charge in [-0.25, -0.2) is 4.39 Å². The zero-order chi connectivity index (χ0) is 15.6. The minimum Gasteiger partial charge on any atom is -0.392 e. The zero-order valence-corrected chi connectivity index (χ0v) is 14.0. The molecule has 2 N–H and O–H groups in total. The van der Waals surface area contributed by atoms with E-state index in [2.05, 4.69) is 0 Å². The molecular weight excluding hydrogens is 331 g/mol. The van der Waals surface area contributed by atoms with Crippen LogP contribution in [-0.2, 0) is 0 Å². The van der Waals surface area contributed by atoms with Gasteiger partial charge in [-0.3, -0.25) is 4.79 Å². The molecule has 114 valence electrons. The Labute approximate surface area is 138 Å². The first kappa shape index (κ1) is 16.5. The van der Waals surface area contributed by atoms with Crippen LogP contribution in [0.3, 0.4) is 0 Å². The van der Waals surface area contributed by atoms with Crippen molar-refractivity contribution in [1.82, 2.24) is 4.90 Å². The molecule has 0 saturated carbocycles. The van der Waals surface area contributed by atoms with E-state index in [0.29, 0.717) is 36.5 Å². The minimum atomic E-state index is -0.454. The molecule has 0 unspecified atom stereocenters. The highest BCUT2D eigenvalue weighted by Crippen LogP contribution is 2.35. The standard InChI is InChI=1S/C14H16ClFN2OS2/c1-21-14(13(17)20)4-6-18(7-5-14)12(19)10-3-2-9(16)8-11(10)15/h2-3,8H,4-7H2,1H3,(H2,17,20). The highest BCUT2D eigenvalue weighted by molar-refractivity contribution is 8.02. The maximum atomic E-state index is 13.0. The van der Waals surface area contributed by atoms with Crippen LogP contribution in [0.4, 0.5) is 4.39 Å². The van der Waals surface area contributed by atoms with Crippen molar-refractivity contribution in [3.8, 4) is 0 Å². The highest BCUT2D eigenvalue weighted by Gasteiger charge is 2.38. The molecule has 1 aromatic carbocycles. The number of carbonyl (C=O) groups excluding carboxylic acids is 1. The Morgan fingerprint density at radius 3 is 2.57 bits per heavy atom. The van der Waals surface area contributed by atoms with E-state index < -0.39 is 5.82 Å². The summed E-state index contributed by atoms with van der Waals surface area (Å²) in [6, 6.07) is 3.81. The molecule has 0 spiro atoms. The maximum Gasteiger partial charge on any atom is 0.255 e. The van der Waals surface area contributed by atoms with E-state index >= 15 is 0 Å². The molecule has 3 nitrogen and oxygen atoms in total. The average Bonchev–Trinajstić information content (AvgIpc) is 2.46. The van der Waals surface area contributed by atoms with Crippen LogP contribution >= 0.6 is 35.6 Å². The fraction of sp³-hybridized carbons (Fsp3) is 0.429. The third kappa shape index (κ3) is 3.33. The van der Waals surface area contributed by atoms with E-state index in [9.17, 15) is 9.18 Å². The van der Waals surface area contributed by atoms with E-state index in [1.807, 2.05) is 6.26 Å². The summed E-state index contributed by atoms with van der Waals surface area (Å²) in [6.45, 7) is 1.12. The van der Waals surface area contributed by atoms with Crippen molar-refractivity contribution in [1.29, 1.82) is 0 Å². The lowest BCUT2D eigenvalue weighted by molar-refractivity contribution is 0.0719. The van der Waals surface area contributed by atoms with Crippen molar-refractivity contribution >= 4 is 46.5 Å². The number of likely N-dealkylation sites (tertiary alicyclic amines) is 1. The number of hydrogen-bond donors (Lipinski definition) is 1. The van der Waals surface area contributed by atoms with Gasteiger partial charge in [-0.15, -0.1) is 0 Å². The lowest BCUT2D eigenvalue weighted by Gasteiger charge is -2.40. The molecule has 1 fully saturated rings. The monoisotopic (exact) mass is 346 g/mol. The van der Waals surface area contributed by atoms with E-state index in [1.165, 1.54) is 12.1 Å². The summed E-state index contributed by atoms with van der Waals surface area (Å²) in [5.41, 5.74) is 6.15. The lowest BCUT2D eigenvalue weighted by atomic mass is 9.95. The third-order valence-electron chi connectivity index (χ3n) is 3.86. The van der Waals surface area contributed by atoms with Crippen molar-refractivity contribution in [2.24, 2.45) is 5.73 Å². The molecule has 0 radical (unpaired) electrons. The van der Waals surface area contributed by atoms with Gasteiger partial charge in [-0.1, -0.05) is 23.8 Å². The first-order valence-electron chi connectivity index (χ1n) is 6.49. The number of rotatable bonds is 3. The van der Waals surface area contributed by atoms with Gasteiger partial charge in [0.2, 0.25) is 0 Å². The third-order valence-corrected chi connectivity index (χ3v) is 6.10. The molecule has 2 rings (SSSR count). The summed E-state index contributed by atoms with van der Waals surface area (Å²) in [7, 11) is 0. The Bertz CT molecular complexity index is 574. The first-order valence-corrected chi connectivity index (χ1v) is 8.50. The molecule has 0 atom stereocenters. The molecule has 1 aliphatic rings. The quantitative estimate of drug-likeness (QED) is 0.854. The summed E-state index contributed by atoms with van der Waals surface area (Å²) in [4.78, 5) is 14.7. The molecule has 1 aromatic rings. The van der Waals surface area contributed by atoms with Crippen molar-refractivity contribution in [2.75, 3.05) is 19.3 Å². The number of halogens is 2. The topological polar surface area (TPSA) is 46.3 Å². The predicted octanol–water partition coefficient (Wildman–Crippen LogP) is 3.10.